The van der Waals surface area contributed by atoms with E-state index >= 15 is 0 Å². The molecule has 0 amide bonds. The molecule has 0 bridgehead atoms. The Morgan fingerprint density at radius 3 is 3.12 bits per heavy atom. The molecular weight excluding hydrogens is 278 g/mol. The van der Waals surface area contributed by atoms with Crippen LogP contribution in [0.2, 0.25) is 0 Å². The zero-order valence-corrected chi connectivity index (χ0v) is 11.0. The summed E-state index contributed by atoms with van der Waals surface area (Å²) in [4.78, 5) is 4.10. The first-order valence-corrected chi connectivity index (χ1v) is 6.62. The summed E-state index contributed by atoms with van der Waals surface area (Å²) in [6.07, 6.45) is 9.11. The van der Waals surface area contributed by atoms with E-state index in [-0.39, 0.29) is 6.04 Å². The van der Waals surface area contributed by atoms with Gasteiger partial charge in [0.15, 0.2) is 0 Å². The lowest BCUT2D eigenvalue weighted by atomic mass is 9.93. The number of fused-ring (bicyclic) bond motifs is 1. The molecule has 0 spiro atoms. The van der Waals surface area contributed by atoms with Crippen molar-refractivity contribution < 1.29 is 0 Å². The number of pyridine rings is 1. The quantitative estimate of drug-likeness (QED) is 0.878. The number of rotatable bonds is 1. The van der Waals surface area contributed by atoms with Crippen molar-refractivity contribution in [2.75, 3.05) is 0 Å². The normalized spacial score (nSPS) is 19.1. The van der Waals surface area contributed by atoms with Crippen LogP contribution in [0.3, 0.4) is 0 Å². The maximum absolute atomic E-state index is 6.14. The van der Waals surface area contributed by atoms with Crippen LogP contribution in [0.1, 0.15) is 30.1 Å². The summed E-state index contributed by atoms with van der Waals surface area (Å²) in [5.74, 6) is 0. The highest BCUT2D eigenvalue weighted by Gasteiger charge is 2.21. The average Bonchev–Trinajstić information content (AvgIpc) is 2.75. The third-order valence-corrected chi connectivity index (χ3v) is 3.98. The zero-order valence-electron chi connectivity index (χ0n) is 9.44. The van der Waals surface area contributed by atoms with Crippen molar-refractivity contribution in [2.24, 2.45) is 5.73 Å². The van der Waals surface area contributed by atoms with Crippen LogP contribution in [0.4, 0.5) is 0 Å². The monoisotopic (exact) mass is 291 g/mol. The predicted molar refractivity (Wildman–Crippen MR) is 71.1 cm³/mol. The summed E-state index contributed by atoms with van der Waals surface area (Å²) in [5.41, 5.74) is 9.91. The zero-order chi connectivity index (χ0) is 11.8. The molecule has 1 atom stereocenters. The van der Waals surface area contributed by atoms with Gasteiger partial charge in [-0.1, -0.05) is 0 Å². The van der Waals surface area contributed by atoms with Crippen molar-refractivity contribution in [3.63, 3.8) is 0 Å². The predicted octanol–water partition coefficient (Wildman–Crippen LogP) is 2.97. The van der Waals surface area contributed by atoms with Crippen molar-refractivity contribution in [1.29, 1.82) is 0 Å². The Morgan fingerprint density at radius 1 is 1.41 bits per heavy atom. The minimum absolute atomic E-state index is 0.195. The Balaban J connectivity index is 2.14. The summed E-state index contributed by atoms with van der Waals surface area (Å²) < 4.78 is 3.23. The van der Waals surface area contributed by atoms with Gasteiger partial charge in [-0.15, -0.1) is 0 Å². The lowest BCUT2D eigenvalue weighted by Crippen LogP contribution is -2.17. The summed E-state index contributed by atoms with van der Waals surface area (Å²) >= 11 is 3.55. The van der Waals surface area contributed by atoms with Crippen molar-refractivity contribution in [2.45, 2.75) is 25.3 Å². The molecule has 2 aromatic heterocycles. The van der Waals surface area contributed by atoms with Gasteiger partial charge in [0, 0.05) is 30.3 Å². The number of nitrogens with two attached hydrogens (primary N) is 1. The van der Waals surface area contributed by atoms with Gasteiger partial charge in [0.1, 0.15) is 0 Å². The lowest BCUT2D eigenvalue weighted by molar-refractivity contribution is 0.560. The maximum Gasteiger partial charge on any atom is 0.0625 e. The average molecular weight is 292 g/mol. The van der Waals surface area contributed by atoms with Crippen LogP contribution in [0.5, 0.6) is 0 Å². The van der Waals surface area contributed by atoms with Crippen LogP contribution in [0, 0.1) is 0 Å². The Labute approximate surface area is 109 Å². The van der Waals surface area contributed by atoms with E-state index in [0.717, 1.165) is 23.0 Å². The van der Waals surface area contributed by atoms with Crippen LogP contribution in [0.25, 0.3) is 5.69 Å². The van der Waals surface area contributed by atoms with Gasteiger partial charge < -0.3 is 10.3 Å². The number of hydrogen-bond acceptors (Lipinski definition) is 2. The molecule has 2 aromatic rings. The number of nitrogens with zero attached hydrogens (tertiary/aromatic N) is 2. The van der Waals surface area contributed by atoms with Crippen molar-refractivity contribution >= 4 is 15.9 Å². The van der Waals surface area contributed by atoms with Gasteiger partial charge in [-0.25, -0.2) is 0 Å². The third kappa shape index (κ3) is 1.81. The maximum atomic E-state index is 6.14. The van der Waals surface area contributed by atoms with E-state index in [1.807, 2.05) is 18.5 Å². The third-order valence-electron chi connectivity index (χ3n) is 3.37. The Hall–Kier alpha value is -1.13. The van der Waals surface area contributed by atoms with Crippen LogP contribution in [0.15, 0.2) is 35.2 Å². The lowest BCUT2D eigenvalue weighted by Gasteiger charge is -2.21. The highest BCUT2D eigenvalue weighted by molar-refractivity contribution is 9.10. The van der Waals surface area contributed by atoms with Gasteiger partial charge in [-0.2, -0.15) is 0 Å². The van der Waals surface area contributed by atoms with E-state index in [0.29, 0.717) is 0 Å². The molecule has 1 unspecified atom stereocenters. The van der Waals surface area contributed by atoms with E-state index in [4.69, 9.17) is 5.73 Å². The smallest absolute Gasteiger partial charge is 0.0625 e. The molecule has 1 aliphatic carbocycles. The fraction of sp³-hybridized carbons (Fsp3) is 0.308. The largest absolute Gasteiger partial charge is 0.324 e. The molecule has 2 N–H and O–H groups in total. The minimum atomic E-state index is 0.195. The Bertz CT molecular complexity index is 547. The summed E-state index contributed by atoms with van der Waals surface area (Å²) in [6.45, 7) is 0. The molecule has 3 rings (SSSR count). The van der Waals surface area contributed by atoms with Crippen molar-refractivity contribution in [3.8, 4) is 5.69 Å². The van der Waals surface area contributed by atoms with E-state index in [1.54, 1.807) is 0 Å². The van der Waals surface area contributed by atoms with Crippen molar-refractivity contribution in [3.05, 3.63) is 46.5 Å². The topological polar surface area (TPSA) is 43.8 Å². The molecule has 2 heterocycles. The fourth-order valence-electron chi connectivity index (χ4n) is 2.52. The van der Waals surface area contributed by atoms with E-state index in [2.05, 4.69) is 37.7 Å². The number of hydrogen-bond donors (Lipinski definition) is 1. The van der Waals surface area contributed by atoms with Gasteiger partial charge in [-0.3, -0.25) is 4.98 Å². The molecule has 1 aliphatic rings. The molecule has 0 aromatic carbocycles. The first-order chi connectivity index (χ1) is 8.27. The molecule has 88 valence electrons. The van der Waals surface area contributed by atoms with Crippen molar-refractivity contribution in [1.82, 2.24) is 9.55 Å². The van der Waals surface area contributed by atoms with Gasteiger partial charge in [-0.05, 0) is 52.9 Å². The Morgan fingerprint density at radius 2 is 2.29 bits per heavy atom. The number of halogens is 1. The Kier molecular flexibility index (Phi) is 2.76. The molecule has 17 heavy (non-hydrogen) atoms. The van der Waals surface area contributed by atoms with Gasteiger partial charge in [0.05, 0.1) is 10.2 Å². The molecule has 0 saturated heterocycles. The molecule has 0 radical (unpaired) electrons. The van der Waals surface area contributed by atoms with Crippen LogP contribution >= 0.6 is 15.9 Å². The molecule has 0 fully saturated rings. The van der Waals surface area contributed by atoms with Crippen LogP contribution in [-0.2, 0) is 6.42 Å². The summed E-state index contributed by atoms with van der Waals surface area (Å²) in [6, 6.07) is 4.36. The van der Waals surface area contributed by atoms with E-state index in [9.17, 15) is 0 Å². The first kappa shape index (κ1) is 11.0. The minimum Gasteiger partial charge on any atom is -0.324 e. The SMILES string of the molecule is NC1CCCc2c1ccn2-c1ccncc1Br. The van der Waals surface area contributed by atoms with E-state index in [1.165, 1.54) is 17.7 Å². The second-order valence-electron chi connectivity index (χ2n) is 4.41. The standard InChI is InChI=1S/C13H14BrN3/c14-10-8-16-6-4-13(10)17-7-5-9-11(15)2-1-3-12(9)17/h4-8,11H,1-3,15H2. The summed E-state index contributed by atoms with van der Waals surface area (Å²) in [7, 11) is 0. The second kappa shape index (κ2) is 4.27. The highest BCUT2D eigenvalue weighted by Crippen LogP contribution is 2.32. The van der Waals surface area contributed by atoms with Gasteiger partial charge >= 0.3 is 0 Å². The molecule has 0 aliphatic heterocycles. The molecular formula is C13H14BrN3. The second-order valence-corrected chi connectivity index (χ2v) is 5.27. The molecule has 4 heteroatoms. The summed E-state index contributed by atoms with van der Waals surface area (Å²) in [5, 5.41) is 0. The van der Waals surface area contributed by atoms with Crippen LogP contribution in [-0.4, -0.2) is 9.55 Å². The van der Waals surface area contributed by atoms with Gasteiger partial charge in [0.25, 0.3) is 0 Å². The molecule has 3 nitrogen and oxygen atoms in total. The van der Waals surface area contributed by atoms with Gasteiger partial charge in [0.2, 0.25) is 0 Å². The fourth-order valence-corrected chi connectivity index (χ4v) is 2.96. The first-order valence-electron chi connectivity index (χ1n) is 5.83. The van der Waals surface area contributed by atoms with Crippen LogP contribution < -0.4 is 5.73 Å². The van der Waals surface area contributed by atoms with E-state index < -0.39 is 0 Å². The number of aromatic nitrogens is 2. The molecule has 0 saturated carbocycles. The highest BCUT2D eigenvalue weighted by atomic mass is 79.9.